The molecule has 1 aromatic carbocycles. The second kappa shape index (κ2) is 9.85. The summed E-state index contributed by atoms with van der Waals surface area (Å²) in [4.78, 5) is 14.6. The molecule has 0 spiro atoms. The number of carbonyl (C=O) groups is 1. The van der Waals surface area contributed by atoms with Gasteiger partial charge in [-0.3, -0.25) is 9.69 Å². The number of benzene rings is 1. The van der Waals surface area contributed by atoms with E-state index in [0.717, 1.165) is 38.4 Å². The topological polar surface area (TPSA) is 62.8 Å². The van der Waals surface area contributed by atoms with E-state index >= 15 is 0 Å². The fourth-order valence-electron chi connectivity index (χ4n) is 3.13. The van der Waals surface area contributed by atoms with E-state index < -0.39 is 0 Å². The van der Waals surface area contributed by atoms with Gasteiger partial charge in [-0.2, -0.15) is 0 Å². The van der Waals surface area contributed by atoms with Crippen LogP contribution >= 0.6 is 11.6 Å². The molecule has 1 saturated heterocycles. The summed E-state index contributed by atoms with van der Waals surface area (Å²) in [6.45, 7) is 3.36. The van der Waals surface area contributed by atoms with E-state index in [-0.39, 0.29) is 5.91 Å². The van der Waals surface area contributed by atoms with Gasteiger partial charge in [0.2, 0.25) is 5.91 Å². The molecule has 0 saturated carbocycles. The van der Waals surface area contributed by atoms with Crippen molar-refractivity contribution in [1.29, 1.82) is 0 Å². The molecule has 1 heterocycles. The van der Waals surface area contributed by atoms with Crippen LogP contribution in [-0.2, 0) is 4.79 Å². The highest BCUT2D eigenvalue weighted by atomic mass is 35.5. The minimum Gasteiger partial charge on any atom is -0.495 e. The Morgan fingerprint density at radius 2 is 1.92 bits per heavy atom. The van der Waals surface area contributed by atoms with Gasteiger partial charge in [0.1, 0.15) is 11.5 Å². The monoisotopic (exact) mass is 369 g/mol. The summed E-state index contributed by atoms with van der Waals surface area (Å²) < 4.78 is 10.5. The lowest BCUT2D eigenvalue weighted by atomic mass is 9.93. The van der Waals surface area contributed by atoms with Gasteiger partial charge in [0.05, 0.1) is 31.5 Å². The first-order valence-electron chi connectivity index (χ1n) is 8.65. The zero-order chi connectivity index (χ0) is 18.2. The fourth-order valence-corrected chi connectivity index (χ4v) is 3.36. The van der Waals surface area contributed by atoms with Crippen LogP contribution in [0.25, 0.3) is 0 Å². The van der Waals surface area contributed by atoms with Gasteiger partial charge in [0, 0.05) is 12.1 Å². The molecule has 0 bridgehead atoms. The number of ether oxygens (including phenoxy) is 2. The molecule has 2 rings (SSSR count). The Bertz CT molecular complexity index is 575. The van der Waals surface area contributed by atoms with Crippen LogP contribution < -0.4 is 20.1 Å². The molecule has 140 valence electrons. The van der Waals surface area contributed by atoms with E-state index in [2.05, 4.69) is 15.5 Å². The van der Waals surface area contributed by atoms with Crippen molar-refractivity contribution in [2.24, 2.45) is 5.92 Å². The molecule has 1 aromatic rings. The Labute approximate surface area is 154 Å². The summed E-state index contributed by atoms with van der Waals surface area (Å²) in [5.74, 6) is 1.72. The van der Waals surface area contributed by atoms with Crippen molar-refractivity contribution in [2.45, 2.75) is 19.3 Å². The molecule has 6 nitrogen and oxygen atoms in total. The summed E-state index contributed by atoms with van der Waals surface area (Å²) >= 11 is 6.09. The number of methoxy groups -OCH3 is 2. The first-order valence-corrected chi connectivity index (χ1v) is 9.03. The van der Waals surface area contributed by atoms with Crippen LogP contribution in [-0.4, -0.2) is 58.3 Å². The Hall–Kier alpha value is -1.50. The standard InChI is InChI=1S/C18H28ClN3O3/c1-20-7-4-13-5-8-22(9-6-13)12-18(23)21-15-11-16(24-2)14(19)10-17(15)25-3/h10-11,13,20H,4-9,12H2,1-3H3,(H,21,23). The van der Waals surface area contributed by atoms with Crippen molar-refractivity contribution in [3.63, 3.8) is 0 Å². The van der Waals surface area contributed by atoms with Crippen molar-refractivity contribution in [3.8, 4) is 11.5 Å². The molecule has 1 fully saturated rings. The molecule has 25 heavy (non-hydrogen) atoms. The maximum atomic E-state index is 12.4. The van der Waals surface area contributed by atoms with E-state index in [9.17, 15) is 4.79 Å². The highest BCUT2D eigenvalue weighted by Crippen LogP contribution is 2.35. The van der Waals surface area contributed by atoms with E-state index in [1.807, 2.05) is 7.05 Å². The molecule has 2 N–H and O–H groups in total. The molecule has 0 radical (unpaired) electrons. The van der Waals surface area contributed by atoms with Gasteiger partial charge in [0.25, 0.3) is 0 Å². The van der Waals surface area contributed by atoms with Gasteiger partial charge in [-0.25, -0.2) is 0 Å². The Morgan fingerprint density at radius 1 is 1.24 bits per heavy atom. The predicted molar refractivity (Wildman–Crippen MR) is 101 cm³/mol. The Kier molecular flexibility index (Phi) is 7.81. The van der Waals surface area contributed by atoms with Crippen molar-refractivity contribution < 1.29 is 14.3 Å². The smallest absolute Gasteiger partial charge is 0.238 e. The SMILES string of the molecule is CNCCC1CCN(CC(=O)Nc2cc(OC)c(Cl)cc2OC)CC1. The third kappa shape index (κ3) is 5.76. The number of nitrogens with one attached hydrogen (secondary N) is 2. The molecular weight excluding hydrogens is 342 g/mol. The number of nitrogens with zero attached hydrogens (tertiary/aromatic N) is 1. The first-order chi connectivity index (χ1) is 12.1. The average Bonchev–Trinajstić information content (AvgIpc) is 2.62. The quantitative estimate of drug-likeness (QED) is 0.737. The molecule has 7 heteroatoms. The van der Waals surface area contributed by atoms with E-state index in [1.165, 1.54) is 13.5 Å². The maximum absolute atomic E-state index is 12.4. The number of piperidine rings is 1. The highest BCUT2D eigenvalue weighted by molar-refractivity contribution is 6.32. The van der Waals surface area contributed by atoms with Crippen LogP contribution in [0.15, 0.2) is 12.1 Å². The minimum absolute atomic E-state index is 0.0589. The number of carbonyl (C=O) groups excluding carboxylic acids is 1. The lowest BCUT2D eigenvalue weighted by Gasteiger charge is -2.31. The van der Waals surface area contributed by atoms with Gasteiger partial charge in [-0.15, -0.1) is 0 Å². The maximum Gasteiger partial charge on any atom is 0.238 e. The summed E-state index contributed by atoms with van der Waals surface area (Å²) in [5.41, 5.74) is 0.567. The number of halogens is 1. The zero-order valence-corrected chi connectivity index (χ0v) is 16.0. The molecule has 0 aromatic heterocycles. The third-order valence-electron chi connectivity index (χ3n) is 4.62. The first kappa shape index (κ1) is 19.8. The van der Waals surface area contributed by atoms with Crippen LogP contribution in [0.3, 0.4) is 0 Å². The summed E-state index contributed by atoms with van der Waals surface area (Å²) in [7, 11) is 5.07. The summed E-state index contributed by atoms with van der Waals surface area (Å²) in [6.07, 6.45) is 3.50. The van der Waals surface area contributed by atoms with Gasteiger partial charge in [-0.05, 0) is 51.9 Å². The van der Waals surface area contributed by atoms with Gasteiger partial charge in [-0.1, -0.05) is 11.6 Å². The van der Waals surface area contributed by atoms with Gasteiger partial charge in [0.15, 0.2) is 0 Å². The van der Waals surface area contributed by atoms with Gasteiger partial charge >= 0.3 is 0 Å². The number of hydrogen-bond donors (Lipinski definition) is 2. The molecular formula is C18H28ClN3O3. The Balaban J connectivity index is 1.88. The van der Waals surface area contributed by atoms with Crippen LogP contribution in [0.1, 0.15) is 19.3 Å². The number of rotatable bonds is 8. The average molecular weight is 370 g/mol. The molecule has 1 amide bonds. The normalized spacial score (nSPS) is 15.8. The third-order valence-corrected chi connectivity index (χ3v) is 4.92. The summed E-state index contributed by atoms with van der Waals surface area (Å²) in [5, 5.41) is 6.55. The Morgan fingerprint density at radius 3 is 2.52 bits per heavy atom. The minimum atomic E-state index is -0.0589. The number of likely N-dealkylation sites (tertiary alicyclic amines) is 1. The second-order valence-corrected chi connectivity index (χ2v) is 6.75. The molecule has 1 aliphatic heterocycles. The lowest BCUT2D eigenvalue weighted by molar-refractivity contribution is -0.117. The van der Waals surface area contributed by atoms with E-state index in [1.54, 1.807) is 19.2 Å². The molecule has 0 aliphatic carbocycles. The molecule has 1 aliphatic rings. The van der Waals surface area contributed by atoms with Crippen molar-refractivity contribution >= 4 is 23.2 Å². The largest absolute Gasteiger partial charge is 0.495 e. The number of anilines is 1. The second-order valence-electron chi connectivity index (χ2n) is 6.35. The highest BCUT2D eigenvalue weighted by Gasteiger charge is 2.21. The van der Waals surface area contributed by atoms with Crippen LogP contribution in [0.4, 0.5) is 5.69 Å². The predicted octanol–water partition coefficient (Wildman–Crippen LogP) is 2.62. The number of amides is 1. The lowest BCUT2D eigenvalue weighted by Crippen LogP contribution is -2.39. The summed E-state index contributed by atoms with van der Waals surface area (Å²) in [6, 6.07) is 3.33. The van der Waals surface area contributed by atoms with E-state index in [0.29, 0.717) is 28.8 Å². The molecule has 0 atom stereocenters. The van der Waals surface area contributed by atoms with Crippen molar-refractivity contribution in [2.75, 3.05) is 52.8 Å². The van der Waals surface area contributed by atoms with Crippen LogP contribution in [0.5, 0.6) is 11.5 Å². The van der Waals surface area contributed by atoms with Crippen molar-refractivity contribution in [3.05, 3.63) is 17.2 Å². The fraction of sp³-hybridized carbons (Fsp3) is 0.611. The van der Waals surface area contributed by atoms with Gasteiger partial charge < -0.3 is 20.1 Å². The zero-order valence-electron chi connectivity index (χ0n) is 15.2. The number of hydrogen-bond acceptors (Lipinski definition) is 5. The van der Waals surface area contributed by atoms with Crippen molar-refractivity contribution in [1.82, 2.24) is 10.2 Å². The molecule has 0 unspecified atom stereocenters. The van der Waals surface area contributed by atoms with Crippen LogP contribution in [0.2, 0.25) is 5.02 Å². The van der Waals surface area contributed by atoms with E-state index in [4.69, 9.17) is 21.1 Å². The van der Waals surface area contributed by atoms with Crippen LogP contribution in [0, 0.1) is 5.92 Å².